The Kier molecular flexibility index (Phi) is 4.92. The maximum Gasteiger partial charge on any atom is 0.243 e. The van der Waals surface area contributed by atoms with Crippen LogP contribution in [0.25, 0.3) is 0 Å². The van der Waals surface area contributed by atoms with E-state index in [1.165, 1.54) is 0 Å². The summed E-state index contributed by atoms with van der Waals surface area (Å²) in [5.74, 6) is 1.59. The first kappa shape index (κ1) is 14.3. The maximum atomic E-state index is 5.61. The third kappa shape index (κ3) is 3.94. The Hall–Kier alpha value is -2.11. The van der Waals surface area contributed by atoms with Crippen molar-refractivity contribution in [3.63, 3.8) is 0 Å². The van der Waals surface area contributed by atoms with Crippen molar-refractivity contribution in [2.75, 3.05) is 5.32 Å². The van der Waals surface area contributed by atoms with Crippen LogP contribution in [0.3, 0.4) is 0 Å². The van der Waals surface area contributed by atoms with E-state index in [2.05, 4.69) is 27.8 Å². The number of nitrogens with zero attached hydrogens (tertiary/aromatic N) is 4. The largest absolute Gasteiger partial charge is 0.491 e. The number of aromatic nitrogens is 4. The molecular formula is C14H21N5O. The molecule has 108 valence electrons. The summed E-state index contributed by atoms with van der Waals surface area (Å²) in [6.45, 7) is 7.63. The van der Waals surface area contributed by atoms with Crippen LogP contribution in [0.4, 0.5) is 5.95 Å². The lowest BCUT2D eigenvalue weighted by Crippen LogP contribution is -2.09. The van der Waals surface area contributed by atoms with Crippen molar-refractivity contribution in [3.8, 4) is 5.75 Å². The van der Waals surface area contributed by atoms with Crippen LogP contribution in [0.15, 0.2) is 24.3 Å². The number of aryl methyl sites for hydroxylation is 1. The van der Waals surface area contributed by atoms with E-state index < -0.39 is 0 Å². The summed E-state index contributed by atoms with van der Waals surface area (Å²) in [4.78, 5) is 0. The molecule has 6 nitrogen and oxygen atoms in total. The van der Waals surface area contributed by atoms with Gasteiger partial charge in [-0.25, -0.2) is 4.68 Å². The summed E-state index contributed by atoms with van der Waals surface area (Å²) in [6, 6.07) is 8.04. The third-order valence-corrected chi connectivity index (χ3v) is 2.71. The molecule has 0 amide bonds. The molecule has 2 aromatic rings. The van der Waals surface area contributed by atoms with E-state index in [1.807, 2.05) is 38.1 Å². The van der Waals surface area contributed by atoms with Gasteiger partial charge in [-0.2, -0.15) is 0 Å². The van der Waals surface area contributed by atoms with Gasteiger partial charge in [0.25, 0.3) is 0 Å². The minimum absolute atomic E-state index is 0.192. The molecular weight excluding hydrogens is 254 g/mol. The standard InChI is InChI=1S/C14H21N5O/c1-4-9-19-14(16-17-18-19)15-10-12-5-7-13(8-6-12)20-11(2)3/h5-8,11H,4,9-10H2,1-3H3,(H,15,16,18). The first-order valence-corrected chi connectivity index (χ1v) is 6.94. The van der Waals surface area contributed by atoms with Crippen molar-refractivity contribution in [3.05, 3.63) is 29.8 Å². The van der Waals surface area contributed by atoms with E-state index in [0.717, 1.165) is 24.3 Å². The van der Waals surface area contributed by atoms with Gasteiger partial charge >= 0.3 is 0 Å². The molecule has 0 aliphatic rings. The molecule has 6 heteroatoms. The van der Waals surface area contributed by atoms with Crippen LogP contribution in [0.5, 0.6) is 5.75 Å². The monoisotopic (exact) mass is 275 g/mol. The number of tetrazole rings is 1. The lowest BCUT2D eigenvalue weighted by molar-refractivity contribution is 0.242. The normalized spacial score (nSPS) is 10.8. The number of anilines is 1. The van der Waals surface area contributed by atoms with Gasteiger partial charge in [0, 0.05) is 13.1 Å². The van der Waals surface area contributed by atoms with Crippen LogP contribution < -0.4 is 10.1 Å². The topological polar surface area (TPSA) is 64.9 Å². The van der Waals surface area contributed by atoms with Gasteiger partial charge in [-0.3, -0.25) is 0 Å². The lowest BCUT2D eigenvalue weighted by atomic mass is 10.2. The zero-order chi connectivity index (χ0) is 14.4. The molecule has 0 aliphatic heterocycles. The van der Waals surface area contributed by atoms with Crippen LogP contribution in [-0.4, -0.2) is 26.3 Å². The maximum absolute atomic E-state index is 5.61. The van der Waals surface area contributed by atoms with Gasteiger partial charge in [-0.15, -0.1) is 0 Å². The van der Waals surface area contributed by atoms with E-state index >= 15 is 0 Å². The molecule has 20 heavy (non-hydrogen) atoms. The van der Waals surface area contributed by atoms with E-state index in [0.29, 0.717) is 12.5 Å². The molecule has 1 heterocycles. The molecule has 1 aromatic heterocycles. The molecule has 0 unspecified atom stereocenters. The Morgan fingerprint density at radius 3 is 2.65 bits per heavy atom. The summed E-state index contributed by atoms with van der Waals surface area (Å²) in [5.41, 5.74) is 1.16. The zero-order valence-electron chi connectivity index (χ0n) is 12.2. The number of nitrogens with one attached hydrogen (secondary N) is 1. The third-order valence-electron chi connectivity index (χ3n) is 2.71. The number of hydrogen-bond donors (Lipinski definition) is 1. The predicted octanol–water partition coefficient (Wildman–Crippen LogP) is 2.48. The van der Waals surface area contributed by atoms with Gasteiger partial charge in [0.2, 0.25) is 5.95 Å². The molecule has 0 saturated heterocycles. The number of benzene rings is 1. The SMILES string of the molecule is CCCn1nnnc1NCc1ccc(OC(C)C)cc1. The Labute approximate surface area is 119 Å². The number of ether oxygens (including phenoxy) is 1. The Balaban J connectivity index is 1.92. The van der Waals surface area contributed by atoms with Crippen molar-refractivity contribution in [1.82, 2.24) is 20.2 Å². The summed E-state index contributed by atoms with van der Waals surface area (Å²) >= 11 is 0. The van der Waals surface area contributed by atoms with Gasteiger partial charge in [0.15, 0.2) is 0 Å². The molecule has 2 rings (SSSR count). The molecule has 0 spiro atoms. The molecule has 0 fully saturated rings. The molecule has 0 saturated carbocycles. The average molecular weight is 275 g/mol. The zero-order valence-corrected chi connectivity index (χ0v) is 12.2. The van der Waals surface area contributed by atoms with Crippen LogP contribution in [0, 0.1) is 0 Å². The van der Waals surface area contributed by atoms with Crippen molar-refractivity contribution in [2.45, 2.75) is 46.4 Å². The van der Waals surface area contributed by atoms with Crippen LogP contribution in [0.1, 0.15) is 32.8 Å². The minimum atomic E-state index is 0.192. The fourth-order valence-corrected chi connectivity index (χ4v) is 1.83. The lowest BCUT2D eigenvalue weighted by Gasteiger charge is -2.10. The van der Waals surface area contributed by atoms with Crippen molar-refractivity contribution in [2.24, 2.45) is 0 Å². The highest BCUT2D eigenvalue weighted by molar-refractivity contribution is 5.31. The van der Waals surface area contributed by atoms with Crippen molar-refractivity contribution in [1.29, 1.82) is 0 Å². The van der Waals surface area contributed by atoms with Gasteiger partial charge in [-0.05, 0) is 48.4 Å². The molecule has 0 bridgehead atoms. The number of rotatable bonds is 7. The van der Waals surface area contributed by atoms with Gasteiger partial charge in [0.1, 0.15) is 5.75 Å². The molecule has 0 aliphatic carbocycles. The highest BCUT2D eigenvalue weighted by atomic mass is 16.5. The van der Waals surface area contributed by atoms with Crippen LogP contribution in [-0.2, 0) is 13.1 Å². The quantitative estimate of drug-likeness (QED) is 0.841. The second kappa shape index (κ2) is 6.88. The van der Waals surface area contributed by atoms with E-state index in [4.69, 9.17) is 4.74 Å². The fourth-order valence-electron chi connectivity index (χ4n) is 1.83. The van der Waals surface area contributed by atoms with E-state index in [9.17, 15) is 0 Å². The number of hydrogen-bond acceptors (Lipinski definition) is 5. The fraction of sp³-hybridized carbons (Fsp3) is 0.500. The van der Waals surface area contributed by atoms with E-state index in [1.54, 1.807) is 4.68 Å². The predicted molar refractivity (Wildman–Crippen MR) is 77.6 cm³/mol. The van der Waals surface area contributed by atoms with Crippen molar-refractivity contribution < 1.29 is 4.74 Å². The molecule has 0 atom stereocenters. The highest BCUT2D eigenvalue weighted by Gasteiger charge is 2.04. The smallest absolute Gasteiger partial charge is 0.243 e. The molecule has 1 N–H and O–H groups in total. The Bertz CT molecular complexity index is 521. The summed E-state index contributed by atoms with van der Waals surface area (Å²) in [7, 11) is 0. The Morgan fingerprint density at radius 2 is 2.00 bits per heavy atom. The first-order valence-electron chi connectivity index (χ1n) is 6.94. The summed E-state index contributed by atoms with van der Waals surface area (Å²) in [6.07, 6.45) is 1.19. The second-order valence-corrected chi connectivity index (χ2v) is 4.89. The highest BCUT2D eigenvalue weighted by Crippen LogP contribution is 2.14. The van der Waals surface area contributed by atoms with Gasteiger partial charge < -0.3 is 10.1 Å². The van der Waals surface area contributed by atoms with E-state index in [-0.39, 0.29) is 6.10 Å². The Morgan fingerprint density at radius 1 is 1.25 bits per heavy atom. The molecule has 0 radical (unpaired) electrons. The summed E-state index contributed by atoms with van der Waals surface area (Å²) in [5, 5.41) is 14.8. The van der Waals surface area contributed by atoms with Gasteiger partial charge in [0.05, 0.1) is 6.10 Å². The second-order valence-electron chi connectivity index (χ2n) is 4.89. The average Bonchev–Trinajstić information content (AvgIpc) is 2.85. The van der Waals surface area contributed by atoms with Crippen LogP contribution >= 0.6 is 0 Å². The first-order chi connectivity index (χ1) is 9.69. The summed E-state index contributed by atoms with van der Waals surface area (Å²) < 4.78 is 7.39. The van der Waals surface area contributed by atoms with Crippen LogP contribution in [0.2, 0.25) is 0 Å². The molecule has 1 aromatic carbocycles. The van der Waals surface area contributed by atoms with Gasteiger partial charge in [-0.1, -0.05) is 24.2 Å². The minimum Gasteiger partial charge on any atom is -0.491 e. The van der Waals surface area contributed by atoms with Crippen molar-refractivity contribution >= 4 is 5.95 Å².